The summed E-state index contributed by atoms with van der Waals surface area (Å²) in [5.74, 6) is 0.135. The largest absolute Gasteiger partial charge is 0.481 e. The summed E-state index contributed by atoms with van der Waals surface area (Å²) in [4.78, 5) is 12.4. The lowest BCUT2D eigenvalue weighted by molar-refractivity contribution is -0.122. The van der Waals surface area contributed by atoms with E-state index in [2.05, 4.69) is 5.32 Å². The smallest absolute Gasteiger partial charge is 0.265 e. The molecule has 2 rings (SSSR count). The summed E-state index contributed by atoms with van der Waals surface area (Å²) in [6, 6.07) is 11.2. The summed E-state index contributed by atoms with van der Waals surface area (Å²) in [7, 11) is -0.677. The molecule has 0 aliphatic rings. The van der Waals surface area contributed by atoms with Crippen LogP contribution in [0.2, 0.25) is 5.02 Å². The molecule has 2 aromatic carbocycles. The van der Waals surface area contributed by atoms with Crippen molar-refractivity contribution >= 4 is 33.2 Å². The van der Waals surface area contributed by atoms with Crippen LogP contribution in [0.25, 0.3) is 0 Å². The molecule has 0 radical (unpaired) electrons. The van der Waals surface area contributed by atoms with Crippen molar-refractivity contribution in [2.24, 2.45) is 0 Å². The van der Waals surface area contributed by atoms with Crippen LogP contribution >= 0.6 is 11.6 Å². The highest BCUT2D eigenvalue weighted by molar-refractivity contribution is 7.89. The molecule has 0 saturated carbocycles. The molecule has 140 valence electrons. The van der Waals surface area contributed by atoms with E-state index < -0.39 is 22.0 Å². The molecule has 0 bridgehead atoms. The molecule has 2 aromatic rings. The number of hydrogen-bond donors (Lipinski definition) is 1. The first-order valence-electron chi connectivity index (χ1n) is 7.87. The quantitative estimate of drug-likeness (QED) is 0.812. The zero-order chi connectivity index (χ0) is 19.5. The molecule has 6 nitrogen and oxygen atoms in total. The van der Waals surface area contributed by atoms with Crippen molar-refractivity contribution in [1.29, 1.82) is 0 Å². The number of benzene rings is 2. The number of sulfonamides is 1. The Bertz CT molecular complexity index is 913. The predicted octanol–water partition coefficient (Wildman–Crippen LogP) is 3.30. The maximum Gasteiger partial charge on any atom is 0.265 e. The second kappa shape index (κ2) is 8.07. The third-order valence-corrected chi connectivity index (χ3v) is 5.93. The lowest BCUT2D eigenvalue weighted by atomic mass is 10.2. The molecule has 1 atom stereocenters. The standard InChI is InChI=1S/C18H21ClN2O4S/c1-12-10-15(8-9-17(12)19)25-13(2)18(22)20-14-6-5-7-16(11-14)26(23,24)21(3)4/h5-11,13H,1-4H3,(H,20,22)/t13-/m1/s1. The number of ether oxygens (including phenoxy) is 1. The van der Waals surface area contributed by atoms with E-state index >= 15 is 0 Å². The monoisotopic (exact) mass is 396 g/mol. The average molecular weight is 397 g/mol. The topological polar surface area (TPSA) is 75.7 Å². The second-order valence-corrected chi connectivity index (χ2v) is 8.53. The number of amides is 1. The summed E-state index contributed by atoms with van der Waals surface area (Å²) >= 11 is 5.97. The van der Waals surface area contributed by atoms with Gasteiger partial charge in [-0.15, -0.1) is 0 Å². The molecule has 0 unspecified atom stereocenters. The first-order chi connectivity index (χ1) is 12.1. The third kappa shape index (κ3) is 4.75. The number of nitrogens with one attached hydrogen (secondary N) is 1. The molecule has 0 saturated heterocycles. The predicted molar refractivity (Wildman–Crippen MR) is 102 cm³/mol. The van der Waals surface area contributed by atoms with Crippen molar-refractivity contribution in [3.63, 3.8) is 0 Å². The number of hydrogen-bond acceptors (Lipinski definition) is 4. The number of anilines is 1. The minimum absolute atomic E-state index is 0.0993. The van der Waals surface area contributed by atoms with Gasteiger partial charge in [0.15, 0.2) is 6.10 Å². The van der Waals surface area contributed by atoms with E-state index in [4.69, 9.17) is 16.3 Å². The molecule has 0 fully saturated rings. The normalized spacial score (nSPS) is 12.7. The Kier molecular flexibility index (Phi) is 6.28. The fourth-order valence-electron chi connectivity index (χ4n) is 2.14. The van der Waals surface area contributed by atoms with E-state index in [1.54, 1.807) is 37.3 Å². The van der Waals surface area contributed by atoms with Gasteiger partial charge in [-0.3, -0.25) is 4.79 Å². The molecule has 1 amide bonds. The van der Waals surface area contributed by atoms with Crippen molar-refractivity contribution < 1.29 is 17.9 Å². The van der Waals surface area contributed by atoms with Gasteiger partial charge in [-0.05, 0) is 55.8 Å². The third-order valence-electron chi connectivity index (χ3n) is 3.69. The van der Waals surface area contributed by atoms with E-state index in [0.717, 1.165) is 9.87 Å². The van der Waals surface area contributed by atoms with Gasteiger partial charge < -0.3 is 10.1 Å². The number of rotatable bonds is 6. The Morgan fingerprint density at radius 3 is 2.50 bits per heavy atom. The Balaban J connectivity index is 2.10. The lowest BCUT2D eigenvalue weighted by Gasteiger charge is -2.16. The molecule has 0 aromatic heterocycles. The van der Waals surface area contributed by atoms with Crippen molar-refractivity contribution in [2.75, 3.05) is 19.4 Å². The van der Waals surface area contributed by atoms with Crippen LogP contribution in [0.4, 0.5) is 5.69 Å². The SMILES string of the molecule is Cc1cc(O[C@H](C)C(=O)Nc2cccc(S(=O)(=O)N(C)C)c2)ccc1Cl. The number of carbonyl (C=O) groups is 1. The first kappa shape index (κ1) is 20.2. The van der Waals surface area contributed by atoms with E-state index in [1.165, 1.54) is 26.2 Å². The summed E-state index contributed by atoms with van der Waals surface area (Å²) in [6.07, 6.45) is -0.773. The minimum Gasteiger partial charge on any atom is -0.481 e. The molecule has 26 heavy (non-hydrogen) atoms. The molecule has 0 spiro atoms. The van der Waals surface area contributed by atoms with Gasteiger partial charge in [-0.25, -0.2) is 12.7 Å². The highest BCUT2D eigenvalue weighted by Crippen LogP contribution is 2.22. The summed E-state index contributed by atoms with van der Waals surface area (Å²) in [5.41, 5.74) is 1.22. The summed E-state index contributed by atoms with van der Waals surface area (Å²) in [6.45, 7) is 3.45. The van der Waals surface area contributed by atoms with Crippen LogP contribution in [0.1, 0.15) is 12.5 Å². The average Bonchev–Trinajstić information content (AvgIpc) is 2.58. The number of halogens is 1. The Labute approximate surface area is 158 Å². The highest BCUT2D eigenvalue weighted by atomic mass is 35.5. The lowest BCUT2D eigenvalue weighted by Crippen LogP contribution is -2.30. The summed E-state index contributed by atoms with van der Waals surface area (Å²) < 4.78 is 31.1. The van der Waals surface area contributed by atoms with Crippen LogP contribution in [-0.2, 0) is 14.8 Å². The molecular weight excluding hydrogens is 376 g/mol. The maximum absolute atomic E-state index is 12.3. The van der Waals surface area contributed by atoms with Gasteiger partial charge in [-0.2, -0.15) is 0 Å². The maximum atomic E-state index is 12.3. The van der Waals surface area contributed by atoms with Gasteiger partial charge in [0.05, 0.1) is 4.90 Å². The van der Waals surface area contributed by atoms with Gasteiger partial charge in [0.2, 0.25) is 10.0 Å². The molecule has 0 aliphatic heterocycles. The van der Waals surface area contributed by atoms with E-state index in [9.17, 15) is 13.2 Å². The van der Waals surface area contributed by atoms with Gasteiger partial charge in [-0.1, -0.05) is 17.7 Å². The van der Waals surface area contributed by atoms with Crippen molar-refractivity contribution in [3.05, 3.63) is 53.1 Å². The molecular formula is C18H21ClN2O4S. The van der Waals surface area contributed by atoms with Crippen molar-refractivity contribution in [2.45, 2.75) is 24.8 Å². The highest BCUT2D eigenvalue weighted by Gasteiger charge is 2.19. The van der Waals surface area contributed by atoms with Crippen LogP contribution < -0.4 is 10.1 Å². The first-order valence-corrected chi connectivity index (χ1v) is 9.69. The van der Waals surface area contributed by atoms with Crippen LogP contribution in [-0.4, -0.2) is 38.8 Å². The van der Waals surface area contributed by atoms with Gasteiger partial charge in [0.1, 0.15) is 5.75 Å². The minimum atomic E-state index is -3.57. The Morgan fingerprint density at radius 1 is 1.19 bits per heavy atom. The van der Waals surface area contributed by atoms with Gasteiger partial charge in [0, 0.05) is 24.8 Å². The number of nitrogens with zero attached hydrogens (tertiary/aromatic N) is 1. The fraction of sp³-hybridized carbons (Fsp3) is 0.278. The molecule has 8 heteroatoms. The van der Waals surface area contributed by atoms with E-state index in [0.29, 0.717) is 16.5 Å². The van der Waals surface area contributed by atoms with Crippen LogP contribution in [0.3, 0.4) is 0 Å². The zero-order valence-corrected chi connectivity index (χ0v) is 16.6. The molecule has 1 N–H and O–H groups in total. The molecule has 0 aliphatic carbocycles. The van der Waals surface area contributed by atoms with Crippen LogP contribution in [0.15, 0.2) is 47.4 Å². The van der Waals surface area contributed by atoms with Crippen LogP contribution in [0, 0.1) is 6.92 Å². The van der Waals surface area contributed by atoms with E-state index in [1.807, 2.05) is 6.92 Å². The second-order valence-electron chi connectivity index (χ2n) is 5.98. The Hall–Kier alpha value is -2.09. The fourth-order valence-corrected chi connectivity index (χ4v) is 3.20. The Morgan fingerprint density at radius 2 is 1.88 bits per heavy atom. The number of carbonyl (C=O) groups excluding carboxylic acids is 1. The number of aryl methyl sites for hydroxylation is 1. The van der Waals surface area contributed by atoms with Crippen molar-refractivity contribution in [1.82, 2.24) is 4.31 Å². The van der Waals surface area contributed by atoms with Crippen molar-refractivity contribution in [3.8, 4) is 5.75 Å². The summed E-state index contributed by atoms with van der Waals surface area (Å²) in [5, 5.41) is 3.29. The van der Waals surface area contributed by atoms with E-state index in [-0.39, 0.29) is 4.90 Å². The van der Waals surface area contributed by atoms with Gasteiger partial charge >= 0.3 is 0 Å². The van der Waals surface area contributed by atoms with Gasteiger partial charge in [0.25, 0.3) is 5.91 Å². The zero-order valence-electron chi connectivity index (χ0n) is 15.0. The molecule has 0 heterocycles. The van der Waals surface area contributed by atoms with Crippen LogP contribution in [0.5, 0.6) is 5.75 Å².